The van der Waals surface area contributed by atoms with Crippen LogP contribution in [0.1, 0.15) is 66.7 Å². The van der Waals surface area contributed by atoms with E-state index in [-0.39, 0.29) is 30.8 Å². The average Bonchev–Trinajstić information content (AvgIpc) is 3.39. The van der Waals surface area contributed by atoms with Gasteiger partial charge in [0, 0.05) is 29.6 Å². The molecule has 40 heavy (non-hydrogen) atoms. The van der Waals surface area contributed by atoms with Crippen LogP contribution >= 0.6 is 0 Å². The Morgan fingerprint density at radius 1 is 1.02 bits per heavy atom. The lowest BCUT2D eigenvalue weighted by molar-refractivity contribution is -0.328. The summed E-state index contributed by atoms with van der Waals surface area (Å²) in [5.41, 5.74) is -1.12. The number of fused-ring (bicyclic) bond motifs is 2. The predicted molar refractivity (Wildman–Crippen MR) is 135 cm³/mol. The second kappa shape index (κ2) is 8.02. The van der Waals surface area contributed by atoms with Crippen LogP contribution in [0.2, 0.25) is 0 Å². The fraction of sp³-hybridized carbons (Fsp3) is 0.800. The second-order valence-corrected chi connectivity index (χ2v) is 13.9. The number of hydrogen-bond donors (Lipinski definition) is 1. The zero-order chi connectivity index (χ0) is 28.7. The summed E-state index contributed by atoms with van der Waals surface area (Å²) in [6, 6.07) is 0. The number of hydrogen-bond acceptors (Lipinski definition) is 10. The number of carbonyl (C=O) groups is 4. The third kappa shape index (κ3) is 3.03. The van der Waals surface area contributed by atoms with Crippen LogP contribution in [0.3, 0.4) is 0 Å². The topological polar surface area (TPSA) is 135 Å². The summed E-state index contributed by atoms with van der Waals surface area (Å²) in [6.45, 7) is 9.28. The average molecular weight is 559 g/mol. The molecule has 218 valence electrons. The standard InChI is InChI=1S/C30H38O10/c1-12-19-22-21(13(2)26(35)37-22)39-30-23(19)28(5,24(12)33)7-8-29(40-30)11-14-15(9-16(31)20(29)25(30)34)27(3,4)38-17(14)10-18(32)36-6/h12-13,16-17,19-23,31H,7-11H2,1-6H3/t12-,13-,16-,17+,19+,20-,21+,22+,23-,28-,29+,30+/m0/s1. The van der Waals surface area contributed by atoms with Gasteiger partial charge in [-0.3, -0.25) is 19.2 Å². The van der Waals surface area contributed by atoms with E-state index in [0.717, 1.165) is 11.1 Å². The lowest BCUT2D eigenvalue weighted by Crippen LogP contribution is -2.63. The molecule has 0 amide bonds. The Balaban J connectivity index is 1.38. The van der Waals surface area contributed by atoms with Crippen molar-refractivity contribution < 1.29 is 48.0 Å². The van der Waals surface area contributed by atoms with Gasteiger partial charge in [-0.15, -0.1) is 0 Å². The Morgan fingerprint density at radius 2 is 1.75 bits per heavy atom. The molecular weight excluding hydrogens is 520 g/mol. The number of aliphatic hydroxyl groups is 1. The maximum Gasteiger partial charge on any atom is 0.311 e. The lowest BCUT2D eigenvalue weighted by Gasteiger charge is -2.50. The van der Waals surface area contributed by atoms with Crippen molar-refractivity contribution in [1.82, 2.24) is 0 Å². The Hall–Kier alpha value is -2.14. The van der Waals surface area contributed by atoms with Crippen molar-refractivity contribution in [2.24, 2.45) is 35.0 Å². The van der Waals surface area contributed by atoms with E-state index in [4.69, 9.17) is 23.7 Å². The monoisotopic (exact) mass is 558 g/mol. The molecule has 7 rings (SSSR count). The first-order chi connectivity index (χ1) is 18.7. The maximum absolute atomic E-state index is 14.8. The van der Waals surface area contributed by atoms with Gasteiger partial charge in [0.1, 0.15) is 18.0 Å². The van der Waals surface area contributed by atoms with Crippen LogP contribution in [0.4, 0.5) is 0 Å². The van der Waals surface area contributed by atoms with E-state index in [2.05, 4.69) is 0 Å². The molecule has 1 N–H and O–H groups in total. The van der Waals surface area contributed by atoms with E-state index in [9.17, 15) is 24.3 Å². The van der Waals surface area contributed by atoms with Gasteiger partial charge in [-0.1, -0.05) is 13.8 Å². The number of ketones is 2. The van der Waals surface area contributed by atoms with Crippen molar-refractivity contribution in [3.63, 3.8) is 0 Å². The molecular formula is C30H38O10. The quantitative estimate of drug-likeness (QED) is 0.396. The Labute approximate surface area is 233 Å². The Kier molecular flexibility index (Phi) is 5.36. The zero-order valence-electron chi connectivity index (χ0n) is 23.9. The minimum absolute atomic E-state index is 0.00429. The highest BCUT2D eigenvalue weighted by atomic mass is 16.7. The van der Waals surface area contributed by atoms with Crippen molar-refractivity contribution in [3.8, 4) is 0 Å². The molecule has 5 aliphatic heterocycles. The minimum Gasteiger partial charge on any atom is -0.469 e. The number of ether oxygens (including phenoxy) is 5. The molecule has 12 atom stereocenters. The minimum atomic E-state index is -1.78. The summed E-state index contributed by atoms with van der Waals surface area (Å²) in [6.07, 6.45) is -1.77. The second-order valence-electron chi connectivity index (χ2n) is 13.9. The molecule has 0 unspecified atom stereocenters. The molecule has 2 spiro atoms. The molecule has 2 bridgehead atoms. The number of carbonyl (C=O) groups excluding carboxylic acids is 4. The van der Waals surface area contributed by atoms with Crippen molar-refractivity contribution >= 4 is 23.5 Å². The van der Waals surface area contributed by atoms with Crippen LogP contribution in [0.25, 0.3) is 0 Å². The molecule has 2 aliphatic carbocycles. The smallest absolute Gasteiger partial charge is 0.311 e. The first kappa shape index (κ1) is 26.7. The van der Waals surface area contributed by atoms with Gasteiger partial charge < -0.3 is 28.8 Å². The van der Waals surface area contributed by atoms with E-state index >= 15 is 0 Å². The largest absolute Gasteiger partial charge is 0.469 e. The summed E-state index contributed by atoms with van der Waals surface area (Å²) < 4.78 is 30.7. The van der Waals surface area contributed by atoms with E-state index in [1.54, 1.807) is 6.92 Å². The van der Waals surface area contributed by atoms with Crippen molar-refractivity contribution in [2.45, 2.75) is 108 Å². The molecule has 1 saturated carbocycles. The van der Waals surface area contributed by atoms with Crippen LogP contribution in [-0.2, 0) is 42.9 Å². The van der Waals surface area contributed by atoms with Crippen molar-refractivity contribution in [1.29, 1.82) is 0 Å². The first-order valence-electron chi connectivity index (χ1n) is 14.5. The summed E-state index contributed by atoms with van der Waals surface area (Å²) in [5.74, 6) is -5.96. The third-order valence-electron chi connectivity index (χ3n) is 11.6. The lowest BCUT2D eigenvalue weighted by atomic mass is 9.61. The van der Waals surface area contributed by atoms with Gasteiger partial charge in [-0.25, -0.2) is 0 Å². The summed E-state index contributed by atoms with van der Waals surface area (Å²) >= 11 is 0. The van der Waals surface area contributed by atoms with Gasteiger partial charge in [-0.05, 0) is 51.2 Å². The zero-order valence-corrected chi connectivity index (χ0v) is 23.9. The molecule has 4 saturated heterocycles. The molecule has 7 aliphatic rings. The number of rotatable bonds is 2. The molecule has 0 aromatic rings. The number of aliphatic hydroxyl groups excluding tert-OH is 1. The van der Waals surface area contributed by atoms with Crippen LogP contribution in [0, 0.1) is 35.0 Å². The summed E-state index contributed by atoms with van der Waals surface area (Å²) in [7, 11) is 1.33. The van der Waals surface area contributed by atoms with Crippen LogP contribution in [0.15, 0.2) is 11.1 Å². The van der Waals surface area contributed by atoms with Gasteiger partial charge in [0.05, 0.1) is 48.8 Å². The highest BCUT2D eigenvalue weighted by Gasteiger charge is 2.81. The summed E-state index contributed by atoms with van der Waals surface area (Å²) in [4.78, 5) is 53.8. The molecule has 0 aromatic carbocycles. The Morgan fingerprint density at radius 3 is 2.45 bits per heavy atom. The SMILES string of the molecule is COC(=O)C[C@H]1OC(C)(C)C2=C1C[C@@]13CC[C@]4(C)C(=O)[C@@H](C)[C@@H]5[C@H]6OC(=O)[C@@H](C)[C@H]6O[C@](O1)(C(=O)[C@@H]3[C@@H](O)C2)[C@@H]54. The highest BCUT2D eigenvalue weighted by Crippen LogP contribution is 2.69. The molecule has 5 heterocycles. The maximum atomic E-state index is 14.8. The number of esters is 2. The predicted octanol–water partition coefficient (Wildman–Crippen LogP) is 2.04. The van der Waals surface area contributed by atoms with Gasteiger partial charge >= 0.3 is 11.9 Å². The molecule has 10 heteroatoms. The van der Waals surface area contributed by atoms with Crippen molar-refractivity contribution in [3.05, 3.63) is 11.1 Å². The summed E-state index contributed by atoms with van der Waals surface area (Å²) in [5, 5.41) is 11.8. The van der Waals surface area contributed by atoms with Crippen molar-refractivity contribution in [2.75, 3.05) is 7.11 Å². The van der Waals surface area contributed by atoms with Gasteiger partial charge in [-0.2, -0.15) is 0 Å². The fourth-order valence-electron chi connectivity index (χ4n) is 9.79. The third-order valence-corrected chi connectivity index (χ3v) is 11.6. The molecule has 0 radical (unpaired) electrons. The number of Topliss-reactive ketones (excluding diaryl/α,β-unsaturated/α-hetero) is 2. The molecule has 10 nitrogen and oxygen atoms in total. The number of methoxy groups -OCH3 is 1. The Bertz CT molecular complexity index is 1270. The normalized spacial score (nSPS) is 51.9. The van der Waals surface area contributed by atoms with Gasteiger partial charge in [0.2, 0.25) is 11.6 Å². The van der Waals surface area contributed by atoms with E-state index in [1.165, 1.54) is 7.11 Å². The fourth-order valence-corrected chi connectivity index (χ4v) is 9.79. The van der Waals surface area contributed by atoms with Gasteiger partial charge in [0.15, 0.2) is 0 Å². The highest BCUT2D eigenvalue weighted by molar-refractivity contribution is 5.97. The molecule has 0 aromatic heterocycles. The van der Waals surface area contributed by atoms with Crippen LogP contribution < -0.4 is 0 Å². The van der Waals surface area contributed by atoms with E-state index in [1.807, 2.05) is 27.7 Å². The first-order valence-corrected chi connectivity index (χ1v) is 14.5. The van der Waals surface area contributed by atoms with Gasteiger partial charge in [0.25, 0.3) is 0 Å². The molecule has 5 fully saturated rings. The van der Waals surface area contributed by atoms with E-state index < -0.39 is 88.3 Å². The van der Waals surface area contributed by atoms with Crippen LogP contribution in [0.5, 0.6) is 0 Å². The van der Waals surface area contributed by atoms with E-state index in [0.29, 0.717) is 12.8 Å². The van der Waals surface area contributed by atoms with Crippen LogP contribution in [-0.4, -0.2) is 77.1 Å².